The Morgan fingerprint density at radius 2 is 0.887 bits per heavy atom. The van der Waals surface area contributed by atoms with E-state index in [0.717, 1.165) is 18.4 Å². The van der Waals surface area contributed by atoms with Crippen LogP contribution in [-0.2, 0) is 9.47 Å². The smallest absolute Gasteiger partial charge is 0.115 e. The normalized spacial score (nSPS) is 26.2. The van der Waals surface area contributed by atoms with Crippen molar-refractivity contribution >= 4 is 0 Å². The predicted molar refractivity (Wildman–Crippen MR) is 473 cm³/mol. The lowest BCUT2D eigenvalue weighted by atomic mass is 9.86. The molecule has 0 aliphatic carbocycles. The van der Waals surface area contributed by atoms with Gasteiger partial charge in [-0.05, 0) is 204 Å². The van der Waals surface area contributed by atoms with Gasteiger partial charge >= 0.3 is 0 Å². The first kappa shape index (κ1) is 116. The highest BCUT2D eigenvalue weighted by atomic mass is 16.6. The van der Waals surface area contributed by atoms with Crippen molar-refractivity contribution in [1.82, 2.24) is 0 Å². The van der Waals surface area contributed by atoms with Gasteiger partial charge in [0, 0.05) is 38.0 Å². The minimum absolute atomic E-state index is 0.00225. The Morgan fingerprint density at radius 1 is 0.403 bits per heavy atom. The monoisotopic (exact) mass is 1780 g/mol. The lowest BCUT2D eigenvalue weighted by Gasteiger charge is -2.42. The fourth-order valence-electron chi connectivity index (χ4n) is 16.3. The van der Waals surface area contributed by atoms with Crippen molar-refractivity contribution in [2.45, 2.75) is 430 Å². The lowest BCUT2D eigenvalue weighted by Crippen LogP contribution is -2.59. The third-order valence-corrected chi connectivity index (χ3v) is 24.2. The second kappa shape index (κ2) is 64.1. The summed E-state index contributed by atoms with van der Waals surface area (Å²) in [6.07, 6.45) is -7.46. The summed E-state index contributed by atoms with van der Waals surface area (Å²) in [5.41, 5.74) is 1.35. The van der Waals surface area contributed by atoms with Crippen LogP contribution in [0.3, 0.4) is 0 Å². The van der Waals surface area contributed by atoms with Gasteiger partial charge in [-0.2, -0.15) is 0 Å². The predicted octanol–water partition coefficient (Wildman–Crippen LogP) is 3.11. The van der Waals surface area contributed by atoms with E-state index in [4.69, 9.17) is 14.6 Å². The summed E-state index contributed by atoms with van der Waals surface area (Å²) >= 11 is 0. The van der Waals surface area contributed by atoms with Crippen molar-refractivity contribution in [3.05, 3.63) is 121 Å². The summed E-state index contributed by atoms with van der Waals surface area (Å²) in [5.74, 6) is -2.25. The van der Waals surface area contributed by atoms with Crippen molar-refractivity contribution < 1.29 is 152 Å². The van der Waals surface area contributed by atoms with Gasteiger partial charge in [-0.1, -0.05) is 143 Å². The van der Waals surface area contributed by atoms with Gasteiger partial charge in [0.25, 0.3) is 0 Å². The molecule has 124 heavy (non-hydrogen) atoms. The number of hydrogen-bond donors (Lipinski definition) is 28. The second-order valence-corrected chi connectivity index (χ2v) is 36.1. The van der Waals surface area contributed by atoms with Crippen molar-refractivity contribution in [1.29, 1.82) is 0 Å². The molecule has 0 saturated carbocycles. The van der Waals surface area contributed by atoms with Crippen LogP contribution in [0.15, 0.2) is 121 Å². The molecule has 30 heteroatoms. The average molecular weight is 1780 g/mol. The van der Waals surface area contributed by atoms with E-state index in [9.17, 15) is 138 Å². The fourth-order valence-corrected chi connectivity index (χ4v) is 16.3. The van der Waals surface area contributed by atoms with Gasteiger partial charge in [-0.25, -0.2) is 0 Å². The molecule has 0 radical (unpaired) electrons. The number of aliphatic hydroxyl groups excluding tert-OH is 28. The molecule has 2 aliphatic heterocycles. The Bertz CT molecular complexity index is 3040. The van der Waals surface area contributed by atoms with E-state index in [1.54, 1.807) is 45.9 Å². The molecule has 722 valence electrons. The molecule has 28 unspecified atom stereocenters. The topological polar surface area (TPSA) is 585 Å². The Balaban J connectivity index is 1.74. The first-order valence-corrected chi connectivity index (χ1v) is 45.3. The van der Waals surface area contributed by atoms with Gasteiger partial charge in [-0.3, -0.25) is 0 Å². The van der Waals surface area contributed by atoms with Crippen molar-refractivity contribution in [2.75, 3.05) is 6.61 Å². The molecule has 28 N–H and O–H groups in total. The standard InChI is InChI=1S/C94H166O30/c1-10-11-12-13-14-15-16-17-18-19-20-21-35-75(107)88(118)93-91(121)81(113)55-83(124-93)92(122)86(116)60(6)39-42-74(106)82-54-80(112)90(120)94(123-82)89(119)76(108)48-57(3)38-41-69(101)52-77(109)84(114)61(7)49-71(103)47-59(5)44-58(4)46-70(102)45-56(2)37-40-68(100)51-78(110)85(115)62(8)50-72(104)53-79(111)87(117)63(9)73(105)36-25-33-66(98)31-23-29-64(96)27-22-28-65(97)30-24-32-67(99)34-26-43-95/h10,13-18,21,24,26,30,34-35,44,48,56,59,61-122H,1,6,11-12,19-20,22-23,25,27-29,31-33,36-43,45-47,49-55H2,2-5,7-9H3/b14-13+,16-15+,18-17+,30-24+,34-26+,35-21+,57-48+,58-44+/t56?,59?,61?,62?,63?,64?,65?,66?,67?,68?,69?,70?,71?,72?,73?,74?,75?,76?,77?,78?,79?,80-,81-,82-,83-,84?,85?,86?,87?,88?,89?,90-,91-,92?,93+,94+/m1/s1. The zero-order valence-corrected chi connectivity index (χ0v) is 74.6. The number of hydrogen-bond acceptors (Lipinski definition) is 30. The van der Waals surface area contributed by atoms with Gasteiger partial charge in [0.2, 0.25) is 0 Å². The molecule has 2 fully saturated rings. The van der Waals surface area contributed by atoms with E-state index < -0.39 is 207 Å². The minimum atomic E-state index is -1.84. The maximum Gasteiger partial charge on any atom is 0.115 e. The minimum Gasteiger partial charge on any atom is -0.393 e. The molecule has 0 amide bonds. The van der Waals surface area contributed by atoms with Crippen LogP contribution >= 0.6 is 0 Å². The number of aliphatic hydroxyl groups is 28. The van der Waals surface area contributed by atoms with Crippen LogP contribution in [0.5, 0.6) is 0 Å². The summed E-state index contributed by atoms with van der Waals surface area (Å²) in [6.45, 7) is 19.5. The maximum absolute atomic E-state index is 11.2. The quantitative estimate of drug-likeness (QED) is 0.0236. The van der Waals surface area contributed by atoms with Crippen LogP contribution in [-0.4, -0.2) is 339 Å². The van der Waals surface area contributed by atoms with Crippen molar-refractivity contribution in [3.63, 3.8) is 0 Å². The van der Waals surface area contributed by atoms with Crippen molar-refractivity contribution in [3.8, 4) is 0 Å². The second-order valence-electron chi connectivity index (χ2n) is 36.1. The number of rotatable bonds is 68. The molecule has 0 spiro atoms. The average Bonchev–Trinajstić information content (AvgIpc) is 0.806. The van der Waals surface area contributed by atoms with Gasteiger partial charge < -0.3 is 152 Å². The summed E-state index contributed by atoms with van der Waals surface area (Å²) in [4.78, 5) is 0. The van der Waals surface area contributed by atoms with Crippen LogP contribution in [0, 0.1) is 29.6 Å². The molecular formula is C94H166O30. The molecule has 0 aromatic rings. The number of unbranched alkanes of at least 4 members (excludes halogenated alkanes) is 2. The summed E-state index contributed by atoms with van der Waals surface area (Å²) in [6, 6.07) is 0. The van der Waals surface area contributed by atoms with Gasteiger partial charge in [0.1, 0.15) is 61.0 Å². The number of allylic oxidation sites excluding steroid dienone is 10. The molecule has 2 heterocycles. The van der Waals surface area contributed by atoms with E-state index in [1.807, 2.05) is 69.4 Å². The first-order valence-electron chi connectivity index (χ1n) is 45.3. The molecule has 2 saturated heterocycles. The molecular weight excluding hydrogens is 1610 g/mol. The van der Waals surface area contributed by atoms with Crippen LogP contribution in [0.4, 0.5) is 0 Å². The largest absolute Gasteiger partial charge is 0.393 e. The maximum atomic E-state index is 11.2. The van der Waals surface area contributed by atoms with E-state index in [1.165, 1.54) is 24.3 Å². The molecule has 36 atom stereocenters. The van der Waals surface area contributed by atoms with Crippen LogP contribution in [0.2, 0.25) is 0 Å². The lowest BCUT2D eigenvalue weighted by molar-refractivity contribution is -0.234. The Hall–Kier alpha value is -3.80. The van der Waals surface area contributed by atoms with Gasteiger partial charge in [0.15, 0.2) is 0 Å². The van der Waals surface area contributed by atoms with Crippen LogP contribution in [0.1, 0.15) is 241 Å². The zero-order valence-electron chi connectivity index (χ0n) is 74.6. The molecule has 0 aromatic carbocycles. The van der Waals surface area contributed by atoms with Gasteiger partial charge in [0.05, 0.1) is 135 Å². The zero-order chi connectivity index (χ0) is 93.5. The Kier molecular flexibility index (Phi) is 60.1. The molecule has 30 nitrogen and oxygen atoms in total. The van der Waals surface area contributed by atoms with E-state index in [0.29, 0.717) is 102 Å². The molecule has 0 bridgehead atoms. The molecule has 2 aliphatic rings. The summed E-state index contributed by atoms with van der Waals surface area (Å²) < 4.78 is 11.7. The molecule has 0 aromatic heterocycles. The summed E-state index contributed by atoms with van der Waals surface area (Å²) in [7, 11) is 0. The Labute approximate surface area is 736 Å². The first-order chi connectivity index (χ1) is 58.4. The highest BCUT2D eigenvalue weighted by Crippen LogP contribution is 2.34. The highest BCUT2D eigenvalue weighted by molar-refractivity contribution is 5.13. The third kappa shape index (κ3) is 47.3. The van der Waals surface area contributed by atoms with Gasteiger partial charge in [-0.15, -0.1) is 6.58 Å². The Morgan fingerprint density at radius 3 is 1.45 bits per heavy atom. The third-order valence-electron chi connectivity index (χ3n) is 24.2. The van der Waals surface area contributed by atoms with Crippen LogP contribution < -0.4 is 0 Å². The highest BCUT2D eigenvalue weighted by Gasteiger charge is 2.48. The number of ether oxygens (including phenoxy) is 2. The SMILES string of the molecule is C=CCC/C=C/C=C/C=C/CC/C=C/C(O)C(O)[C@@H]1O[C@@H](C(O)C(O)C(=C)CCC(O)[C@H]2C[C@@H](O)[C@@H](O)[C@H](C(O)C(O)/C=C(\C)CCC(O)CC(O)C(O)C(C)CC(O)CC(C)/C=C(\C)CC(O)CC(C)CCC(O)CC(O)C(O)C(C)CC(O)CC(O)C(O)C(C)C(O)CCCC(O)CCCC(O)CCCC(O)/C=C/CC(O)/C=C/CO)O2)C[C@@H](O)[C@H]1O. The van der Waals surface area contributed by atoms with E-state index >= 15 is 0 Å². The fraction of sp³-hybridized carbons (Fsp3) is 0.787. The van der Waals surface area contributed by atoms with E-state index in [-0.39, 0.29) is 107 Å². The van der Waals surface area contributed by atoms with Crippen molar-refractivity contribution in [2.24, 2.45) is 29.6 Å². The van der Waals surface area contributed by atoms with E-state index in [2.05, 4.69) is 13.2 Å². The summed E-state index contributed by atoms with van der Waals surface area (Å²) in [5, 5.41) is 302. The molecule has 2 rings (SSSR count). The van der Waals surface area contributed by atoms with Crippen LogP contribution in [0.25, 0.3) is 0 Å².